The third kappa shape index (κ3) is 6.88. The molecule has 3 nitrogen and oxygen atoms in total. The first-order valence-corrected chi connectivity index (χ1v) is 6.55. The molecule has 0 aromatic heterocycles. The zero-order valence-electron chi connectivity index (χ0n) is 7.59. The summed E-state index contributed by atoms with van der Waals surface area (Å²) in [5.41, 5.74) is 0. The Bertz CT molecular complexity index is 199. The molecule has 74 valence electrons. The first kappa shape index (κ1) is 12.2. The molecule has 0 aliphatic rings. The summed E-state index contributed by atoms with van der Waals surface area (Å²) in [6.07, 6.45) is 1.92. The van der Waals surface area contributed by atoms with Crippen LogP contribution in [0.15, 0.2) is 0 Å². The van der Waals surface area contributed by atoms with Crippen molar-refractivity contribution >= 4 is 21.4 Å². The number of rotatable bonds is 6. The molecule has 0 aliphatic carbocycles. The molecule has 0 aromatic carbocycles. The molecule has 0 rings (SSSR count). The molecule has 12 heavy (non-hydrogen) atoms. The van der Waals surface area contributed by atoms with E-state index in [1.54, 1.807) is 0 Å². The molecule has 0 fully saturated rings. The van der Waals surface area contributed by atoms with Gasteiger partial charge >= 0.3 is 0 Å². The summed E-state index contributed by atoms with van der Waals surface area (Å²) < 4.78 is 21.5. The van der Waals surface area contributed by atoms with Crippen LogP contribution in [0, 0.1) is 0 Å². The van der Waals surface area contributed by atoms with Crippen LogP contribution in [-0.4, -0.2) is 44.4 Å². The lowest BCUT2D eigenvalue weighted by Gasteiger charge is -2.15. The summed E-state index contributed by atoms with van der Waals surface area (Å²) in [6.45, 7) is 3.63. The topological polar surface area (TPSA) is 37.4 Å². The van der Waals surface area contributed by atoms with Crippen LogP contribution in [0.3, 0.4) is 0 Å². The van der Waals surface area contributed by atoms with Gasteiger partial charge in [0.15, 0.2) is 0 Å². The summed E-state index contributed by atoms with van der Waals surface area (Å²) in [7, 11) is -2.81. The molecule has 0 saturated carbocycles. The van der Waals surface area contributed by atoms with Crippen molar-refractivity contribution in [3.63, 3.8) is 0 Å². The Morgan fingerprint density at radius 1 is 1.42 bits per heavy atom. The van der Waals surface area contributed by atoms with Gasteiger partial charge < -0.3 is 0 Å². The summed E-state index contributed by atoms with van der Waals surface area (Å²) >= 11 is 5.59. The second-order valence-electron chi connectivity index (χ2n) is 2.81. The SMILES string of the molecule is CCN(CCl)CCCS(C)(=O)=O. The molecule has 0 amide bonds. The second-order valence-corrected chi connectivity index (χ2v) is 5.31. The summed E-state index contributed by atoms with van der Waals surface area (Å²) in [5, 5.41) is 0. The molecular formula is C7H16ClNO2S. The minimum absolute atomic E-state index is 0.250. The molecule has 0 atom stereocenters. The Labute approximate surface area is 79.6 Å². The fraction of sp³-hybridized carbons (Fsp3) is 1.00. The van der Waals surface area contributed by atoms with Crippen molar-refractivity contribution in [2.24, 2.45) is 0 Å². The van der Waals surface area contributed by atoms with Gasteiger partial charge in [0, 0.05) is 12.8 Å². The number of sulfone groups is 1. The van der Waals surface area contributed by atoms with Crippen molar-refractivity contribution in [3.8, 4) is 0 Å². The lowest BCUT2D eigenvalue weighted by molar-refractivity contribution is 0.336. The van der Waals surface area contributed by atoms with Gasteiger partial charge in [-0.15, -0.1) is 11.6 Å². The van der Waals surface area contributed by atoms with Gasteiger partial charge in [-0.05, 0) is 13.0 Å². The highest BCUT2D eigenvalue weighted by molar-refractivity contribution is 7.90. The van der Waals surface area contributed by atoms with Gasteiger partial charge in [-0.3, -0.25) is 4.90 Å². The maximum absolute atomic E-state index is 10.7. The number of alkyl halides is 1. The molecule has 5 heteroatoms. The molecule has 0 radical (unpaired) electrons. The van der Waals surface area contributed by atoms with Crippen molar-refractivity contribution in [2.75, 3.05) is 31.1 Å². The number of nitrogens with zero attached hydrogens (tertiary/aromatic N) is 1. The monoisotopic (exact) mass is 213 g/mol. The third-order valence-electron chi connectivity index (χ3n) is 1.61. The van der Waals surface area contributed by atoms with E-state index in [0.717, 1.165) is 13.1 Å². The molecule has 0 aliphatic heterocycles. The van der Waals surface area contributed by atoms with Crippen molar-refractivity contribution in [2.45, 2.75) is 13.3 Å². The highest BCUT2D eigenvalue weighted by Crippen LogP contribution is 1.95. The maximum atomic E-state index is 10.7. The van der Waals surface area contributed by atoms with E-state index in [1.165, 1.54) is 6.26 Å². The summed E-state index contributed by atoms with van der Waals surface area (Å²) in [5.74, 6) is 0.250. The van der Waals surface area contributed by atoms with E-state index in [2.05, 4.69) is 0 Å². The lowest BCUT2D eigenvalue weighted by atomic mass is 10.4. The Morgan fingerprint density at radius 2 is 2.00 bits per heavy atom. The fourth-order valence-corrected chi connectivity index (χ4v) is 1.79. The standard InChI is InChI=1S/C7H16ClNO2S/c1-3-9(7-8)5-4-6-12(2,10)11/h3-7H2,1-2H3. The Morgan fingerprint density at radius 3 is 2.33 bits per heavy atom. The van der Waals surface area contributed by atoms with Crippen LogP contribution in [0.5, 0.6) is 0 Å². The largest absolute Gasteiger partial charge is 0.290 e. The van der Waals surface area contributed by atoms with E-state index in [9.17, 15) is 8.42 Å². The number of hydrogen-bond donors (Lipinski definition) is 0. The molecule has 0 bridgehead atoms. The normalized spacial score (nSPS) is 12.3. The van der Waals surface area contributed by atoms with E-state index in [4.69, 9.17) is 11.6 Å². The predicted octanol–water partition coefficient (Wildman–Crippen LogP) is 0.939. The molecule has 0 saturated heterocycles. The first-order valence-electron chi connectivity index (χ1n) is 3.95. The van der Waals surface area contributed by atoms with Gasteiger partial charge in [0.2, 0.25) is 0 Å². The summed E-state index contributed by atoms with van der Waals surface area (Å²) in [4.78, 5) is 1.99. The van der Waals surface area contributed by atoms with Gasteiger partial charge in [-0.25, -0.2) is 8.42 Å². The Kier molecular flexibility index (Phi) is 5.88. The van der Waals surface area contributed by atoms with Gasteiger partial charge in [0.25, 0.3) is 0 Å². The van der Waals surface area contributed by atoms with Crippen LogP contribution >= 0.6 is 11.6 Å². The molecule has 0 N–H and O–H groups in total. The van der Waals surface area contributed by atoms with Gasteiger partial charge in [0.1, 0.15) is 9.84 Å². The van der Waals surface area contributed by atoms with Gasteiger partial charge in [-0.1, -0.05) is 6.92 Å². The van der Waals surface area contributed by atoms with E-state index in [0.29, 0.717) is 12.4 Å². The van der Waals surface area contributed by atoms with Crippen molar-refractivity contribution in [1.82, 2.24) is 4.90 Å². The quantitative estimate of drug-likeness (QED) is 0.487. The molecule has 0 unspecified atom stereocenters. The van der Waals surface area contributed by atoms with E-state index >= 15 is 0 Å². The van der Waals surface area contributed by atoms with Crippen LogP contribution in [0.4, 0.5) is 0 Å². The van der Waals surface area contributed by atoms with E-state index in [1.807, 2.05) is 11.8 Å². The van der Waals surface area contributed by atoms with E-state index < -0.39 is 9.84 Å². The van der Waals surface area contributed by atoms with Gasteiger partial charge in [-0.2, -0.15) is 0 Å². The average molecular weight is 214 g/mol. The van der Waals surface area contributed by atoms with Crippen LogP contribution in [-0.2, 0) is 9.84 Å². The maximum Gasteiger partial charge on any atom is 0.147 e. The van der Waals surface area contributed by atoms with Crippen molar-refractivity contribution in [1.29, 1.82) is 0 Å². The third-order valence-corrected chi connectivity index (χ3v) is 2.97. The predicted molar refractivity (Wildman–Crippen MR) is 52.3 cm³/mol. The second kappa shape index (κ2) is 5.78. The van der Waals surface area contributed by atoms with Crippen LogP contribution < -0.4 is 0 Å². The summed E-state index contributed by atoms with van der Waals surface area (Å²) in [6, 6.07) is 0.472. The van der Waals surface area contributed by atoms with Crippen molar-refractivity contribution < 1.29 is 8.42 Å². The fourth-order valence-electron chi connectivity index (χ4n) is 0.853. The number of halogens is 1. The molecule has 0 aromatic rings. The highest BCUT2D eigenvalue weighted by atomic mass is 35.5. The minimum atomic E-state index is -2.81. The Hall–Kier alpha value is 0.200. The van der Waals surface area contributed by atoms with Crippen LogP contribution in [0.25, 0.3) is 0 Å². The average Bonchev–Trinajstić information content (AvgIpc) is 1.96. The minimum Gasteiger partial charge on any atom is -0.290 e. The van der Waals surface area contributed by atoms with Gasteiger partial charge in [0.05, 0.1) is 11.8 Å². The molecular weight excluding hydrogens is 198 g/mol. The first-order chi connectivity index (χ1) is 5.49. The molecule has 0 heterocycles. The lowest BCUT2D eigenvalue weighted by Crippen LogP contribution is -2.24. The van der Waals surface area contributed by atoms with E-state index in [-0.39, 0.29) is 5.75 Å². The van der Waals surface area contributed by atoms with Crippen molar-refractivity contribution in [3.05, 3.63) is 0 Å². The van der Waals surface area contributed by atoms with Crippen LogP contribution in [0.2, 0.25) is 0 Å². The number of hydrogen-bond acceptors (Lipinski definition) is 3. The smallest absolute Gasteiger partial charge is 0.147 e. The zero-order valence-corrected chi connectivity index (χ0v) is 9.16. The Balaban J connectivity index is 3.55. The zero-order chi connectivity index (χ0) is 9.61. The van der Waals surface area contributed by atoms with Crippen LogP contribution in [0.1, 0.15) is 13.3 Å². The molecule has 0 spiro atoms. The highest BCUT2D eigenvalue weighted by Gasteiger charge is 2.04.